The van der Waals surface area contributed by atoms with E-state index in [1.807, 2.05) is 0 Å². The van der Waals surface area contributed by atoms with Gasteiger partial charge in [0.25, 0.3) is 0 Å². The van der Waals surface area contributed by atoms with Crippen molar-refractivity contribution < 1.29 is 0 Å². The van der Waals surface area contributed by atoms with Crippen LogP contribution in [0.5, 0.6) is 0 Å². The van der Waals surface area contributed by atoms with Crippen molar-refractivity contribution in [2.24, 2.45) is 5.92 Å². The fourth-order valence-corrected chi connectivity index (χ4v) is 5.79. The van der Waals surface area contributed by atoms with Crippen LogP contribution in [0.4, 0.5) is 0 Å². The second-order valence-corrected chi connectivity index (χ2v) is 8.50. The molecule has 0 amide bonds. The van der Waals surface area contributed by atoms with Gasteiger partial charge in [-0.05, 0) is 29.4 Å². The summed E-state index contributed by atoms with van der Waals surface area (Å²) in [5, 5.41) is 4.30. The van der Waals surface area contributed by atoms with E-state index in [1.54, 1.807) is 0 Å². The molecule has 0 fully saturated rings. The summed E-state index contributed by atoms with van der Waals surface area (Å²) in [5.41, 5.74) is 1.25. The lowest BCUT2D eigenvalue weighted by Gasteiger charge is -2.23. The van der Waals surface area contributed by atoms with E-state index in [1.165, 1.54) is 21.5 Å². The summed E-state index contributed by atoms with van der Waals surface area (Å²) in [6, 6.07) is 32.3. The molecular formula is C25H21P. The third-order valence-corrected chi connectivity index (χ3v) is 7.10. The highest BCUT2D eigenvalue weighted by atomic mass is 31.1. The Bertz CT molecular complexity index is 882. The Morgan fingerprint density at radius 3 is 1.77 bits per heavy atom. The van der Waals surface area contributed by atoms with Gasteiger partial charge in [0.15, 0.2) is 0 Å². The Balaban J connectivity index is 1.68. The van der Waals surface area contributed by atoms with E-state index in [-0.39, 0.29) is 0 Å². The summed E-state index contributed by atoms with van der Waals surface area (Å²) < 4.78 is 0. The highest BCUT2D eigenvalue weighted by Gasteiger charge is 2.24. The maximum absolute atomic E-state index is 2.33. The van der Waals surface area contributed by atoms with E-state index in [0.29, 0.717) is 5.92 Å². The predicted molar refractivity (Wildman–Crippen MR) is 115 cm³/mol. The Morgan fingerprint density at radius 2 is 1.19 bits per heavy atom. The van der Waals surface area contributed by atoms with Crippen molar-refractivity contribution in [2.75, 3.05) is 0 Å². The van der Waals surface area contributed by atoms with Gasteiger partial charge in [-0.2, -0.15) is 0 Å². The van der Waals surface area contributed by atoms with Crippen LogP contribution in [0, 0.1) is 5.92 Å². The van der Waals surface area contributed by atoms with Crippen LogP contribution in [0.3, 0.4) is 0 Å². The van der Waals surface area contributed by atoms with E-state index < -0.39 is 7.92 Å². The van der Waals surface area contributed by atoms with E-state index >= 15 is 0 Å². The molecule has 1 atom stereocenters. The molecule has 0 nitrogen and oxygen atoms in total. The molecular weight excluding hydrogens is 331 g/mol. The summed E-state index contributed by atoms with van der Waals surface area (Å²) in [6.07, 6.45) is 11.4. The fraction of sp³-hybridized carbons (Fsp3) is 0.0400. The quantitative estimate of drug-likeness (QED) is 0.501. The minimum absolute atomic E-state index is 0.349. The van der Waals surface area contributed by atoms with E-state index in [4.69, 9.17) is 0 Å². The molecule has 0 aromatic heterocycles. The molecule has 1 aliphatic rings. The van der Waals surface area contributed by atoms with Crippen LogP contribution in [0.25, 0.3) is 6.08 Å². The van der Waals surface area contributed by atoms with Crippen molar-refractivity contribution in [2.45, 2.75) is 0 Å². The zero-order valence-electron chi connectivity index (χ0n) is 14.6. The molecule has 0 saturated carbocycles. The fourth-order valence-electron chi connectivity index (χ4n) is 3.25. The maximum atomic E-state index is 2.33. The lowest BCUT2D eigenvalue weighted by molar-refractivity contribution is 1.08. The predicted octanol–water partition coefficient (Wildman–Crippen LogP) is 5.90. The van der Waals surface area contributed by atoms with Gasteiger partial charge in [0.2, 0.25) is 0 Å². The standard InChI is InChI=1S/C25H21P/c1-4-11-21(12-5-1)19-20-22-13-10-18-25(22)26(23-14-6-2-7-15-23)24-16-8-3-9-17-24/h1-20,22H/b20-19+. The van der Waals surface area contributed by atoms with Gasteiger partial charge in [0.05, 0.1) is 0 Å². The normalized spacial score (nSPS) is 16.3. The maximum Gasteiger partial charge on any atom is 0.0215 e. The summed E-state index contributed by atoms with van der Waals surface area (Å²) >= 11 is 0. The van der Waals surface area contributed by atoms with Gasteiger partial charge in [-0.15, -0.1) is 0 Å². The van der Waals surface area contributed by atoms with Gasteiger partial charge in [0, 0.05) is 5.92 Å². The van der Waals surface area contributed by atoms with Crippen LogP contribution in [0.2, 0.25) is 0 Å². The van der Waals surface area contributed by atoms with Gasteiger partial charge in [-0.25, -0.2) is 0 Å². The van der Waals surface area contributed by atoms with Crippen molar-refractivity contribution in [1.29, 1.82) is 0 Å². The summed E-state index contributed by atoms with van der Waals surface area (Å²) in [5.74, 6) is 0.349. The number of hydrogen-bond acceptors (Lipinski definition) is 0. The number of rotatable bonds is 5. The molecule has 1 aliphatic carbocycles. The Labute approximate surface area is 157 Å². The SMILES string of the molecule is C1=CC(/C=C/c2ccccc2)C(P(c2ccccc2)c2ccccc2)=C1. The molecule has 0 spiro atoms. The second kappa shape index (κ2) is 8.13. The van der Waals surface area contributed by atoms with Gasteiger partial charge in [0.1, 0.15) is 0 Å². The first-order valence-corrected chi connectivity index (χ1v) is 10.3. The van der Waals surface area contributed by atoms with Gasteiger partial charge in [-0.3, -0.25) is 0 Å². The van der Waals surface area contributed by atoms with Crippen LogP contribution in [-0.4, -0.2) is 0 Å². The number of hydrogen-bond donors (Lipinski definition) is 0. The first-order valence-electron chi connectivity index (χ1n) is 8.94. The molecule has 1 unspecified atom stereocenters. The van der Waals surface area contributed by atoms with Crippen molar-refractivity contribution >= 4 is 24.6 Å². The number of allylic oxidation sites excluding steroid dienone is 5. The average molecular weight is 352 g/mol. The Kier molecular flexibility index (Phi) is 5.24. The zero-order chi connectivity index (χ0) is 17.6. The second-order valence-electron chi connectivity index (χ2n) is 6.28. The number of benzene rings is 3. The van der Waals surface area contributed by atoms with Gasteiger partial charge >= 0.3 is 0 Å². The van der Waals surface area contributed by atoms with E-state index in [0.717, 1.165) is 0 Å². The molecule has 26 heavy (non-hydrogen) atoms. The smallest absolute Gasteiger partial charge is 0.0215 e. The van der Waals surface area contributed by atoms with Crippen molar-refractivity contribution in [3.63, 3.8) is 0 Å². The van der Waals surface area contributed by atoms with Gasteiger partial charge in [-0.1, -0.05) is 121 Å². The van der Waals surface area contributed by atoms with Crippen LogP contribution in [-0.2, 0) is 0 Å². The molecule has 0 heterocycles. The first-order chi connectivity index (χ1) is 12.9. The first kappa shape index (κ1) is 16.8. The van der Waals surface area contributed by atoms with Crippen LogP contribution in [0.1, 0.15) is 5.56 Å². The largest absolute Gasteiger partial charge is 0.0732 e. The Morgan fingerprint density at radius 1 is 0.654 bits per heavy atom. The van der Waals surface area contributed by atoms with Gasteiger partial charge < -0.3 is 0 Å². The lowest BCUT2D eigenvalue weighted by atomic mass is 10.1. The minimum atomic E-state index is -0.524. The Hall–Kier alpha value is -2.69. The molecule has 1 heteroatoms. The zero-order valence-corrected chi connectivity index (χ0v) is 15.5. The summed E-state index contributed by atoms with van der Waals surface area (Å²) in [4.78, 5) is 0. The molecule has 0 bridgehead atoms. The molecule has 0 N–H and O–H groups in total. The molecule has 0 saturated heterocycles. The monoisotopic (exact) mass is 352 g/mol. The highest BCUT2D eigenvalue weighted by molar-refractivity contribution is 7.76. The molecule has 0 radical (unpaired) electrons. The van der Waals surface area contributed by atoms with E-state index in [9.17, 15) is 0 Å². The molecule has 126 valence electrons. The molecule has 3 aromatic rings. The lowest BCUT2D eigenvalue weighted by Crippen LogP contribution is -2.14. The third-order valence-electron chi connectivity index (χ3n) is 4.51. The van der Waals surface area contributed by atoms with Crippen molar-refractivity contribution in [3.05, 3.63) is 126 Å². The molecule has 0 aliphatic heterocycles. The molecule has 4 rings (SSSR count). The minimum Gasteiger partial charge on any atom is -0.0732 e. The molecule has 3 aromatic carbocycles. The van der Waals surface area contributed by atoms with Crippen LogP contribution < -0.4 is 10.6 Å². The van der Waals surface area contributed by atoms with E-state index in [2.05, 4.69) is 121 Å². The summed E-state index contributed by atoms with van der Waals surface area (Å²) in [7, 11) is -0.524. The van der Waals surface area contributed by atoms with Crippen LogP contribution in [0.15, 0.2) is 121 Å². The average Bonchev–Trinajstić information content (AvgIpc) is 3.17. The van der Waals surface area contributed by atoms with Crippen molar-refractivity contribution in [1.82, 2.24) is 0 Å². The third kappa shape index (κ3) is 3.77. The summed E-state index contributed by atoms with van der Waals surface area (Å²) in [6.45, 7) is 0. The topological polar surface area (TPSA) is 0 Å². The van der Waals surface area contributed by atoms with Crippen LogP contribution >= 0.6 is 7.92 Å². The highest BCUT2D eigenvalue weighted by Crippen LogP contribution is 2.49. The van der Waals surface area contributed by atoms with Crippen molar-refractivity contribution in [3.8, 4) is 0 Å².